The summed E-state index contributed by atoms with van der Waals surface area (Å²) in [5, 5.41) is 14.6. The van der Waals surface area contributed by atoms with Crippen molar-refractivity contribution in [2.24, 2.45) is 5.92 Å². The Labute approximate surface area is 202 Å². The van der Waals surface area contributed by atoms with Gasteiger partial charge in [0.05, 0.1) is 33.5 Å². The maximum absolute atomic E-state index is 13.0. The summed E-state index contributed by atoms with van der Waals surface area (Å²) >= 11 is 0. The minimum absolute atomic E-state index is 0.0185. The molecular formula is C27H36N2O5. The van der Waals surface area contributed by atoms with Crippen LogP contribution in [0.1, 0.15) is 49.3 Å². The predicted octanol–water partition coefficient (Wildman–Crippen LogP) is 4.33. The number of ether oxygens (including phenoxy) is 3. The van der Waals surface area contributed by atoms with E-state index in [-0.39, 0.29) is 24.4 Å². The van der Waals surface area contributed by atoms with E-state index in [9.17, 15) is 9.90 Å². The number of hydrogen-bond acceptors (Lipinski definition) is 6. The van der Waals surface area contributed by atoms with Crippen LogP contribution in [-0.2, 0) is 4.79 Å². The number of carbonyl (C=O) groups is 1. The Morgan fingerprint density at radius 1 is 1.06 bits per heavy atom. The number of nitrogens with zero attached hydrogens (tertiary/aromatic N) is 1. The first-order valence-corrected chi connectivity index (χ1v) is 12.0. The van der Waals surface area contributed by atoms with Crippen LogP contribution in [0.2, 0.25) is 0 Å². The Morgan fingerprint density at radius 3 is 2.35 bits per heavy atom. The van der Waals surface area contributed by atoms with Gasteiger partial charge in [-0.3, -0.25) is 9.69 Å². The van der Waals surface area contributed by atoms with E-state index in [1.54, 1.807) is 21.3 Å². The highest BCUT2D eigenvalue weighted by atomic mass is 16.5. The lowest BCUT2D eigenvalue weighted by Crippen LogP contribution is -2.56. The van der Waals surface area contributed by atoms with Gasteiger partial charge in [-0.1, -0.05) is 30.5 Å². The highest BCUT2D eigenvalue weighted by Gasteiger charge is 2.49. The molecule has 0 unspecified atom stereocenters. The Bertz CT molecular complexity index is 984. The zero-order chi connectivity index (χ0) is 24.3. The molecule has 1 heterocycles. The van der Waals surface area contributed by atoms with E-state index >= 15 is 0 Å². The van der Waals surface area contributed by atoms with Crippen molar-refractivity contribution in [3.8, 4) is 17.2 Å². The molecule has 3 atom stereocenters. The average molecular weight is 469 g/mol. The fourth-order valence-electron chi connectivity index (χ4n) is 5.66. The van der Waals surface area contributed by atoms with Crippen molar-refractivity contribution in [2.75, 3.05) is 39.7 Å². The Kier molecular flexibility index (Phi) is 7.33. The molecule has 2 fully saturated rings. The highest BCUT2D eigenvalue weighted by Crippen LogP contribution is 2.51. The van der Waals surface area contributed by atoms with Crippen molar-refractivity contribution in [1.82, 2.24) is 4.90 Å². The van der Waals surface area contributed by atoms with E-state index < -0.39 is 5.60 Å². The van der Waals surface area contributed by atoms with Gasteiger partial charge in [0.25, 0.3) is 0 Å². The van der Waals surface area contributed by atoms with Crippen LogP contribution in [0.4, 0.5) is 5.69 Å². The van der Waals surface area contributed by atoms with E-state index in [4.69, 9.17) is 14.2 Å². The molecule has 1 aliphatic carbocycles. The Balaban J connectivity index is 1.67. The number of likely N-dealkylation sites (tertiary alicyclic amines) is 1. The van der Waals surface area contributed by atoms with Crippen molar-refractivity contribution >= 4 is 11.6 Å². The molecule has 0 radical (unpaired) electrons. The summed E-state index contributed by atoms with van der Waals surface area (Å²) in [6, 6.07) is 11.6. The third-order valence-corrected chi connectivity index (χ3v) is 7.38. The second kappa shape index (κ2) is 10.2. The van der Waals surface area contributed by atoms with Crippen molar-refractivity contribution < 1.29 is 24.1 Å². The van der Waals surface area contributed by atoms with Gasteiger partial charge in [0, 0.05) is 24.2 Å². The molecule has 7 heteroatoms. The van der Waals surface area contributed by atoms with Crippen LogP contribution in [-0.4, -0.2) is 55.9 Å². The number of rotatable bonds is 7. The summed E-state index contributed by atoms with van der Waals surface area (Å²) in [6.07, 6.45) is 4.46. The Morgan fingerprint density at radius 2 is 1.74 bits per heavy atom. The van der Waals surface area contributed by atoms with Crippen LogP contribution in [0.3, 0.4) is 0 Å². The molecule has 1 saturated carbocycles. The third kappa shape index (κ3) is 4.86. The number of fused-ring (bicyclic) bond motifs is 1. The van der Waals surface area contributed by atoms with Crippen molar-refractivity contribution in [3.05, 3.63) is 47.5 Å². The van der Waals surface area contributed by atoms with Crippen LogP contribution in [0.5, 0.6) is 17.2 Å². The molecule has 1 amide bonds. The smallest absolute Gasteiger partial charge is 0.238 e. The molecule has 4 rings (SSSR count). The summed E-state index contributed by atoms with van der Waals surface area (Å²) in [6.45, 7) is 2.89. The minimum Gasteiger partial charge on any atom is -0.493 e. The number of carbonyl (C=O) groups excluding carboxylic acids is 1. The number of amides is 1. The second-order valence-corrected chi connectivity index (χ2v) is 9.49. The van der Waals surface area contributed by atoms with Crippen LogP contribution in [0.25, 0.3) is 0 Å². The molecule has 0 spiro atoms. The molecule has 7 nitrogen and oxygen atoms in total. The molecular weight excluding hydrogens is 432 g/mol. The lowest BCUT2D eigenvalue weighted by Gasteiger charge is -2.52. The zero-order valence-corrected chi connectivity index (χ0v) is 20.6. The second-order valence-electron chi connectivity index (χ2n) is 9.49. The fourth-order valence-corrected chi connectivity index (χ4v) is 5.66. The zero-order valence-electron chi connectivity index (χ0n) is 20.6. The normalized spacial score (nSPS) is 24.7. The number of hydrogen-bond donors (Lipinski definition) is 2. The standard InChI is InChI=1S/C27H36N2O5/c1-18-8-10-20(11-9-18)28-24(30)17-29-14-13-27(31)12-6-5-7-21(27)25(29)19-15-22(32-2)26(34-4)23(16-19)33-3/h8-11,15-16,21,25,31H,5-7,12-14,17H2,1-4H3,(H,28,30)/t21-,25+,27+/m1/s1. The number of aliphatic hydroxyl groups is 1. The number of nitrogens with one attached hydrogen (secondary N) is 1. The fraction of sp³-hybridized carbons (Fsp3) is 0.519. The van der Waals surface area contributed by atoms with Crippen LogP contribution in [0, 0.1) is 12.8 Å². The molecule has 1 saturated heterocycles. The van der Waals surface area contributed by atoms with E-state index in [0.717, 1.165) is 42.5 Å². The van der Waals surface area contributed by atoms with Gasteiger partial charge in [0.1, 0.15) is 0 Å². The molecule has 0 aromatic heterocycles. The lowest BCUT2D eigenvalue weighted by molar-refractivity contribution is -0.135. The summed E-state index contributed by atoms with van der Waals surface area (Å²) in [5.41, 5.74) is 2.16. The molecule has 184 valence electrons. The minimum atomic E-state index is -0.729. The molecule has 2 aromatic rings. The largest absolute Gasteiger partial charge is 0.493 e. The lowest BCUT2D eigenvalue weighted by atomic mass is 9.66. The number of methoxy groups -OCH3 is 3. The van der Waals surface area contributed by atoms with Crippen LogP contribution < -0.4 is 19.5 Å². The van der Waals surface area contributed by atoms with E-state index in [1.165, 1.54) is 0 Å². The van der Waals surface area contributed by atoms with Gasteiger partial charge in [-0.05, 0) is 56.0 Å². The van der Waals surface area contributed by atoms with Gasteiger partial charge in [-0.15, -0.1) is 0 Å². The number of aryl methyl sites for hydroxylation is 1. The quantitative estimate of drug-likeness (QED) is 0.630. The maximum atomic E-state index is 13.0. The topological polar surface area (TPSA) is 80.3 Å². The van der Waals surface area contributed by atoms with Gasteiger partial charge in [0.2, 0.25) is 11.7 Å². The SMILES string of the molecule is COc1cc([C@H]2[C@H]3CCCC[C@]3(O)CCN2CC(=O)Nc2ccc(C)cc2)cc(OC)c1OC. The van der Waals surface area contributed by atoms with Crippen molar-refractivity contribution in [2.45, 2.75) is 50.7 Å². The van der Waals surface area contributed by atoms with Crippen molar-refractivity contribution in [1.29, 1.82) is 0 Å². The van der Waals surface area contributed by atoms with E-state index in [2.05, 4.69) is 10.2 Å². The van der Waals surface area contributed by atoms with Crippen LogP contribution in [0.15, 0.2) is 36.4 Å². The Hall–Kier alpha value is -2.77. The average Bonchev–Trinajstić information content (AvgIpc) is 2.84. The maximum Gasteiger partial charge on any atom is 0.238 e. The van der Waals surface area contributed by atoms with Crippen molar-refractivity contribution in [3.63, 3.8) is 0 Å². The summed E-state index contributed by atoms with van der Waals surface area (Å²) in [5.74, 6) is 1.64. The van der Waals surface area contributed by atoms with Gasteiger partial charge in [-0.25, -0.2) is 0 Å². The van der Waals surface area contributed by atoms with Gasteiger partial charge in [-0.2, -0.15) is 0 Å². The molecule has 0 bridgehead atoms. The van der Waals surface area contributed by atoms with Crippen LogP contribution >= 0.6 is 0 Å². The summed E-state index contributed by atoms with van der Waals surface area (Å²) in [7, 11) is 4.79. The first-order valence-electron chi connectivity index (χ1n) is 12.0. The highest BCUT2D eigenvalue weighted by molar-refractivity contribution is 5.92. The third-order valence-electron chi connectivity index (χ3n) is 7.38. The number of anilines is 1. The van der Waals surface area contributed by atoms with Gasteiger partial charge in [0.15, 0.2) is 11.5 Å². The molecule has 2 N–H and O–H groups in total. The van der Waals surface area contributed by atoms with Gasteiger partial charge >= 0.3 is 0 Å². The monoisotopic (exact) mass is 468 g/mol. The first kappa shape index (κ1) is 24.4. The molecule has 34 heavy (non-hydrogen) atoms. The first-order chi connectivity index (χ1) is 16.4. The molecule has 2 aromatic carbocycles. The van der Waals surface area contributed by atoms with E-state index in [0.29, 0.717) is 30.2 Å². The number of benzene rings is 2. The summed E-state index contributed by atoms with van der Waals surface area (Å²) < 4.78 is 16.7. The predicted molar refractivity (Wildman–Crippen MR) is 132 cm³/mol. The molecule has 1 aliphatic heterocycles. The number of piperidine rings is 1. The summed E-state index contributed by atoms with van der Waals surface area (Å²) in [4.78, 5) is 15.2. The molecule has 2 aliphatic rings. The van der Waals surface area contributed by atoms with Gasteiger partial charge < -0.3 is 24.6 Å². The van der Waals surface area contributed by atoms with E-state index in [1.807, 2.05) is 43.3 Å².